The van der Waals surface area contributed by atoms with Gasteiger partial charge in [-0.15, -0.1) is 0 Å². The van der Waals surface area contributed by atoms with E-state index in [2.05, 4.69) is 14.5 Å². The topological polar surface area (TPSA) is 131 Å². The first-order chi connectivity index (χ1) is 11.3. The molecule has 1 aromatic carbocycles. The lowest BCUT2D eigenvalue weighted by atomic mass is 10.1. The molecule has 0 saturated heterocycles. The van der Waals surface area contributed by atoms with Crippen LogP contribution in [0.4, 0.5) is 10.5 Å². The van der Waals surface area contributed by atoms with E-state index < -0.39 is 22.1 Å². The molecular weight excluding hydrogens is 336 g/mol. The van der Waals surface area contributed by atoms with Crippen molar-refractivity contribution in [3.63, 3.8) is 0 Å². The van der Waals surface area contributed by atoms with Gasteiger partial charge >= 0.3 is 6.09 Å². The first-order valence-electron chi connectivity index (χ1n) is 6.56. The van der Waals surface area contributed by atoms with Gasteiger partial charge in [0.15, 0.2) is 0 Å². The van der Waals surface area contributed by atoms with Crippen LogP contribution in [0.25, 0.3) is 0 Å². The van der Waals surface area contributed by atoms with Gasteiger partial charge in [-0.2, -0.15) is 18.8 Å². The number of hydrogen-bond donors (Lipinski definition) is 1. The Labute approximate surface area is 138 Å². The third-order valence-corrected chi connectivity index (χ3v) is 4.23. The van der Waals surface area contributed by atoms with E-state index in [9.17, 15) is 23.4 Å². The van der Waals surface area contributed by atoms with Crippen LogP contribution in [0.2, 0.25) is 0 Å². The average Bonchev–Trinajstić information content (AvgIpc) is 2.55. The number of rotatable bonds is 3. The first-order valence-corrected chi connectivity index (χ1v) is 8.00. The summed E-state index contributed by atoms with van der Waals surface area (Å²) in [4.78, 5) is 11.0. The van der Waals surface area contributed by atoms with Crippen molar-refractivity contribution in [2.24, 2.45) is 4.40 Å². The maximum Gasteiger partial charge on any atom is 0.411 e. The van der Waals surface area contributed by atoms with Crippen molar-refractivity contribution in [2.45, 2.75) is 4.90 Å². The van der Waals surface area contributed by atoms with Gasteiger partial charge in [0.25, 0.3) is 10.0 Å². The molecule has 0 spiro atoms. The maximum absolute atomic E-state index is 12.2. The van der Waals surface area contributed by atoms with Crippen molar-refractivity contribution in [2.75, 3.05) is 12.4 Å². The van der Waals surface area contributed by atoms with Gasteiger partial charge in [-0.05, 0) is 42.0 Å². The van der Waals surface area contributed by atoms with Crippen LogP contribution in [0.5, 0.6) is 0 Å². The zero-order chi connectivity index (χ0) is 17.7. The number of amides is 1. The Morgan fingerprint density at radius 2 is 1.67 bits per heavy atom. The number of methoxy groups -OCH3 is 1. The molecule has 0 saturated carbocycles. The van der Waals surface area contributed by atoms with Gasteiger partial charge in [0.05, 0.1) is 17.7 Å². The fourth-order valence-corrected chi connectivity index (χ4v) is 2.71. The molecule has 0 radical (unpaired) electrons. The van der Waals surface area contributed by atoms with Crippen LogP contribution in [0.1, 0.15) is 0 Å². The monoisotopic (exact) mass is 348 g/mol. The molecule has 0 aliphatic heterocycles. The molecule has 0 heterocycles. The first kappa shape index (κ1) is 17.3. The number of hydrogen-bond acceptors (Lipinski definition) is 6. The number of allylic oxidation sites excluding steroid dienone is 5. The molecular formula is C15H12N2O6S-2. The molecule has 1 aliphatic carbocycles. The third kappa shape index (κ3) is 4.23. The molecule has 1 amide bonds. The van der Waals surface area contributed by atoms with Crippen molar-refractivity contribution in [3.8, 4) is 0 Å². The number of nitrogens with zero attached hydrogens (tertiary/aromatic N) is 1. The second-order valence-corrected chi connectivity index (χ2v) is 6.15. The minimum atomic E-state index is -3.98. The summed E-state index contributed by atoms with van der Waals surface area (Å²) in [5.41, 5.74) is 0.362. The molecule has 1 N–H and O–H groups in total. The molecule has 0 unspecified atom stereocenters. The van der Waals surface area contributed by atoms with Crippen LogP contribution >= 0.6 is 0 Å². The lowest BCUT2D eigenvalue weighted by Gasteiger charge is -2.21. The lowest BCUT2D eigenvalue weighted by molar-refractivity contribution is -0.514. The van der Waals surface area contributed by atoms with Crippen LogP contribution in [0, 0.1) is 0 Å². The van der Waals surface area contributed by atoms with E-state index in [-0.39, 0.29) is 16.2 Å². The minimum Gasteiger partial charge on any atom is -0.884 e. The predicted molar refractivity (Wildman–Crippen MR) is 82.4 cm³/mol. The van der Waals surface area contributed by atoms with Gasteiger partial charge in [-0.3, -0.25) is 5.32 Å². The maximum atomic E-state index is 12.2. The van der Waals surface area contributed by atoms with Crippen molar-refractivity contribution in [1.82, 2.24) is 0 Å². The van der Waals surface area contributed by atoms with E-state index in [1.54, 1.807) is 0 Å². The highest BCUT2D eigenvalue weighted by Crippen LogP contribution is 2.18. The summed E-state index contributed by atoms with van der Waals surface area (Å²) in [5.74, 6) is -1.36. The second-order valence-electron chi connectivity index (χ2n) is 4.54. The lowest BCUT2D eigenvalue weighted by Crippen LogP contribution is -2.20. The number of anilines is 1. The van der Waals surface area contributed by atoms with Crippen molar-refractivity contribution in [3.05, 3.63) is 60.1 Å². The largest absolute Gasteiger partial charge is 0.884 e. The normalized spacial score (nSPS) is 13.5. The molecule has 0 bridgehead atoms. The number of carbonyl (C=O) groups excluding carboxylic acids is 1. The van der Waals surface area contributed by atoms with Crippen LogP contribution < -0.4 is 15.5 Å². The zero-order valence-electron chi connectivity index (χ0n) is 12.4. The minimum absolute atomic E-state index is 0.0791. The van der Waals surface area contributed by atoms with Gasteiger partial charge in [0.1, 0.15) is 0 Å². The standard InChI is InChI=1S/C15H14N2O6S/c1-23-15(20)16-11-6-8-13(9-7-11)24(21,22)17-12-4-2-10(3-5-12)14(18)19/h2-9,18-19H,1H3,(H,16,20)/p-2. The molecule has 24 heavy (non-hydrogen) atoms. The van der Waals surface area contributed by atoms with Crippen molar-refractivity contribution >= 4 is 27.5 Å². The van der Waals surface area contributed by atoms with Crippen LogP contribution in [0.3, 0.4) is 0 Å². The van der Waals surface area contributed by atoms with E-state index in [0.29, 0.717) is 5.69 Å². The Morgan fingerprint density at radius 3 is 2.17 bits per heavy atom. The quantitative estimate of drug-likeness (QED) is 0.768. The summed E-state index contributed by atoms with van der Waals surface area (Å²) >= 11 is 0. The Bertz CT molecular complexity index is 842. The number of benzene rings is 1. The second kappa shape index (κ2) is 7.01. The molecule has 9 heteroatoms. The van der Waals surface area contributed by atoms with Gasteiger partial charge in [0.2, 0.25) is 0 Å². The third-order valence-electron chi connectivity index (χ3n) is 2.91. The fourth-order valence-electron chi connectivity index (χ4n) is 1.73. The molecule has 0 atom stereocenters. The molecule has 0 fully saturated rings. The molecule has 2 rings (SSSR count). The van der Waals surface area contributed by atoms with E-state index in [1.807, 2.05) is 0 Å². The van der Waals surface area contributed by atoms with E-state index >= 15 is 0 Å². The summed E-state index contributed by atoms with van der Waals surface area (Å²) in [6.07, 6.45) is 4.24. The predicted octanol–water partition coefficient (Wildman–Crippen LogP) is 0.0528. The highest BCUT2D eigenvalue weighted by atomic mass is 32.2. The Balaban J connectivity index is 2.21. The number of ether oxygens (including phenoxy) is 1. The van der Waals surface area contributed by atoms with Gasteiger partial charge in [-0.1, -0.05) is 12.2 Å². The van der Waals surface area contributed by atoms with Crippen LogP contribution in [-0.2, 0) is 14.8 Å². The molecule has 8 nitrogen and oxygen atoms in total. The Kier molecular flexibility index (Phi) is 5.05. The number of sulfonamides is 1. The smallest absolute Gasteiger partial charge is 0.411 e. The van der Waals surface area contributed by atoms with E-state index in [4.69, 9.17) is 0 Å². The van der Waals surface area contributed by atoms with Crippen molar-refractivity contribution in [1.29, 1.82) is 0 Å². The van der Waals surface area contributed by atoms with E-state index in [1.165, 1.54) is 55.7 Å². The van der Waals surface area contributed by atoms with Crippen LogP contribution in [-0.4, -0.2) is 27.3 Å². The number of carbonyl (C=O) groups is 1. The fraction of sp³-hybridized carbons (Fsp3) is 0.0667. The Hall–Kier alpha value is -3.07. The summed E-state index contributed by atoms with van der Waals surface area (Å²) in [7, 11) is -2.77. The van der Waals surface area contributed by atoms with Crippen molar-refractivity contribution < 1.29 is 28.2 Å². The molecule has 0 aromatic heterocycles. The molecule has 126 valence electrons. The highest BCUT2D eigenvalue weighted by molar-refractivity contribution is 7.90. The summed E-state index contributed by atoms with van der Waals surface area (Å²) in [5, 5.41) is 23.7. The van der Waals surface area contributed by atoms with Gasteiger partial charge in [-0.25, -0.2) is 4.79 Å². The summed E-state index contributed by atoms with van der Waals surface area (Å²) in [6.45, 7) is 0. The highest BCUT2D eigenvalue weighted by Gasteiger charge is 2.14. The van der Waals surface area contributed by atoms with Gasteiger partial charge < -0.3 is 14.9 Å². The average molecular weight is 348 g/mol. The summed E-state index contributed by atoms with van der Waals surface area (Å²) in [6, 6.07) is 5.33. The zero-order valence-corrected chi connectivity index (χ0v) is 13.2. The SMILES string of the molecule is COC(=O)Nc1ccc(S(=O)(=O)N=C2C=CC(=C([O-])[O-])C=C2)cc1. The van der Waals surface area contributed by atoms with Gasteiger partial charge in [0, 0.05) is 5.69 Å². The molecule has 1 aliphatic rings. The van der Waals surface area contributed by atoms with Crippen LogP contribution in [0.15, 0.2) is 69.4 Å². The van der Waals surface area contributed by atoms with E-state index in [0.717, 1.165) is 0 Å². The Morgan fingerprint density at radius 1 is 1.08 bits per heavy atom. The molecule has 1 aromatic rings. The number of nitrogens with one attached hydrogen (secondary N) is 1. The summed E-state index contributed by atoms with van der Waals surface area (Å²) < 4.78 is 32.4.